The van der Waals surface area contributed by atoms with Crippen molar-refractivity contribution in [3.05, 3.63) is 199 Å². The predicted molar refractivity (Wildman–Crippen MR) is 357 cm³/mol. The maximum Gasteiger partial charge on any atom is 0.494 e. The van der Waals surface area contributed by atoms with Crippen LogP contribution >= 0.6 is 47.8 Å². The zero-order chi connectivity index (χ0) is 60.0. The fourth-order valence-corrected chi connectivity index (χ4v) is 10.8. The Morgan fingerprint density at radius 2 is 0.639 bits per heavy atom. The van der Waals surface area contributed by atoms with E-state index >= 15 is 0 Å². The van der Waals surface area contributed by atoms with Gasteiger partial charge in [-0.3, -0.25) is 0 Å². The Balaban J connectivity index is 0.000000201. The van der Waals surface area contributed by atoms with Crippen LogP contribution in [0.1, 0.15) is 157 Å². The lowest BCUT2D eigenvalue weighted by atomic mass is 9.79. The second kappa shape index (κ2) is 30.2. The smallest absolute Gasteiger partial charge is 0.399 e. The lowest BCUT2D eigenvalue weighted by Gasteiger charge is -2.32. The standard InChI is InChI=1S/C34H45B2NO4.C22H19Br2F2N.C14H21Br/c1-10-11-12-25-13-19-28(20-14-25)37(29-21-15-26(16-22-29)35-38-31(2,3)32(4,5)39-35)30-23-17-27(18-24-30)36-40-33(6,7)34(8,9)41-36;1-2-3-4-15-5-9-18(10-6-15)27(21-11-7-16(23)13-19(21)25)22-12-8-17(24)14-20(22)26;1-2-3-4-5-6-7-8-13-9-11-14(15)12-10-13/h13-24H,10-12H2,1-9H3;5-14H,2-4H2,1H3;9-12H,2-8H2,1H3. The van der Waals surface area contributed by atoms with Gasteiger partial charge in [-0.25, -0.2) is 8.78 Å². The van der Waals surface area contributed by atoms with E-state index in [1.165, 1.54) is 91.1 Å². The van der Waals surface area contributed by atoms with E-state index in [4.69, 9.17) is 18.6 Å². The van der Waals surface area contributed by atoms with Gasteiger partial charge in [0, 0.05) is 36.2 Å². The molecule has 0 bridgehead atoms. The monoisotopic (exact) mass is 1310 g/mol. The number of rotatable bonds is 21. The topological polar surface area (TPSA) is 43.4 Å². The molecule has 6 nitrogen and oxygen atoms in total. The van der Waals surface area contributed by atoms with Crippen LogP contribution in [0.15, 0.2) is 171 Å². The number of unbranched alkanes of at least 4 members (excludes halogenated alkanes) is 7. The fourth-order valence-electron chi connectivity index (χ4n) is 9.85. The van der Waals surface area contributed by atoms with Crippen molar-refractivity contribution in [2.24, 2.45) is 0 Å². The molecule has 0 radical (unpaired) electrons. The third-order valence-corrected chi connectivity index (χ3v) is 17.9. The van der Waals surface area contributed by atoms with E-state index in [0.29, 0.717) is 26.0 Å². The number of hydrogen-bond donors (Lipinski definition) is 0. The third-order valence-electron chi connectivity index (χ3n) is 16.4. The maximum absolute atomic E-state index is 14.7. The number of aryl methyl sites for hydroxylation is 3. The molecule has 0 amide bonds. The molecular formula is C70H85B2Br3F2N2O4. The number of nitrogens with zero attached hydrogens (tertiary/aromatic N) is 2. The van der Waals surface area contributed by atoms with Crippen LogP contribution in [0.3, 0.4) is 0 Å². The van der Waals surface area contributed by atoms with Gasteiger partial charge in [-0.05, 0) is 219 Å². The Labute approximate surface area is 522 Å². The van der Waals surface area contributed by atoms with Crippen LogP contribution in [0, 0.1) is 11.6 Å². The van der Waals surface area contributed by atoms with Gasteiger partial charge in [-0.2, -0.15) is 0 Å². The zero-order valence-corrected chi connectivity index (χ0v) is 55.5. The average molecular weight is 1320 g/mol. The summed E-state index contributed by atoms with van der Waals surface area (Å²) in [6, 6.07) is 52.1. The molecule has 7 aromatic carbocycles. The lowest BCUT2D eigenvalue weighted by molar-refractivity contribution is 0.00578. The first kappa shape index (κ1) is 65.9. The zero-order valence-electron chi connectivity index (χ0n) is 50.8. The molecule has 2 saturated heterocycles. The molecule has 0 saturated carbocycles. The Bertz CT molecular complexity index is 2960. The van der Waals surface area contributed by atoms with Crippen molar-refractivity contribution in [2.45, 2.75) is 182 Å². The van der Waals surface area contributed by atoms with Crippen LogP contribution in [-0.2, 0) is 37.9 Å². The van der Waals surface area contributed by atoms with Crippen LogP contribution in [0.25, 0.3) is 0 Å². The van der Waals surface area contributed by atoms with E-state index < -0.39 is 11.6 Å². The minimum absolute atomic E-state index is 0.292. The van der Waals surface area contributed by atoms with Crippen LogP contribution in [0.5, 0.6) is 0 Å². The van der Waals surface area contributed by atoms with Gasteiger partial charge in [0.1, 0.15) is 11.6 Å². The first-order valence-corrected chi connectivity index (χ1v) is 32.3. The largest absolute Gasteiger partial charge is 0.494 e. The van der Waals surface area contributed by atoms with Gasteiger partial charge in [0.15, 0.2) is 0 Å². The molecule has 0 N–H and O–H groups in total. The third kappa shape index (κ3) is 17.8. The average Bonchev–Trinajstić information content (AvgIpc) is 3.13. The van der Waals surface area contributed by atoms with Gasteiger partial charge >= 0.3 is 14.2 Å². The molecule has 440 valence electrons. The van der Waals surface area contributed by atoms with Crippen molar-refractivity contribution in [3.63, 3.8) is 0 Å². The summed E-state index contributed by atoms with van der Waals surface area (Å²) in [5.41, 5.74) is 9.10. The molecular weight excluding hydrogens is 1230 g/mol. The summed E-state index contributed by atoms with van der Waals surface area (Å²) in [7, 11) is -0.779. The van der Waals surface area contributed by atoms with E-state index in [-0.39, 0.29) is 36.6 Å². The molecule has 0 spiro atoms. The molecule has 9 rings (SSSR count). The van der Waals surface area contributed by atoms with Crippen LogP contribution in [0.2, 0.25) is 0 Å². The fraction of sp³-hybridized carbons (Fsp3) is 0.400. The van der Waals surface area contributed by atoms with Crippen molar-refractivity contribution in [1.82, 2.24) is 0 Å². The number of anilines is 6. The highest BCUT2D eigenvalue weighted by atomic mass is 79.9. The molecule has 0 atom stereocenters. The highest BCUT2D eigenvalue weighted by Crippen LogP contribution is 2.41. The molecule has 13 heteroatoms. The molecule has 2 aliphatic heterocycles. The van der Waals surface area contributed by atoms with Crippen molar-refractivity contribution < 1.29 is 27.4 Å². The summed E-state index contributed by atoms with van der Waals surface area (Å²) in [6.45, 7) is 23.3. The van der Waals surface area contributed by atoms with E-state index in [2.05, 4.69) is 226 Å². The Morgan fingerprint density at radius 3 is 0.988 bits per heavy atom. The Hall–Kier alpha value is -4.59. The maximum atomic E-state index is 14.7. The quantitative estimate of drug-likeness (QED) is 0.0528. The molecule has 2 aliphatic rings. The molecule has 83 heavy (non-hydrogen) atoms. The second-order valence-corrected chi connectivity index (χ2v) is 26.7. The molecule has 2 fully saturated rings. The van der Waals surface area contributed by atoms with Crippen molar-refractivity contribution in [1.29, 1.82) is 0 Å². The molecule has 0 aliphatic carbocycles. The molecule has 7 aromatic rings. The number of hydrogen-bond acceptors (Lipinski definition) is 6. The van der Waals surface area contributed by atoms with E-state index in [9.17, 15) is 8.78 Å². The van der Waals surface area contributed by atoms with Gasteiger partial charge < -0.3 is 28.4 Å². The van der Waals surface area contributed by atoms with Crippen LogP contribution in [0.4, 0.5) is 42.9 Å². The van der Waals surface area contributed by atoms with Gasteiger partial charge in [0.25, 0.3) is 0 Å². The summed E-state index contributed by atoms with van der Waals surface area (Å²) in [5, 5.41) is 0. The second-order valence-electron chi connectivity index (χ2n) is 23.9. The molecule has 0 unspecified atom stereocenters. The van der Waals surface area contributed by atoms with Gasteiger partial charge in [0.2, 0.25) is 0 Å². The highest BCUT2D eigenvalue weighted by molar-refractivity contribution is 9.11. The summed E-state index contributed by atoms with van der Waals surface area (Å²) < 4.78 is 57.1. The molecule has 0 aromatic heterocycles. The lowest BCUT2D eigenvalue weighted by Crippen LogP contribution is -2.41. The van der Waals surface area contributed by atoms with Gasteiger partial charge in [-0.1, -0.05) is 174 Å². The van der Waals surface area contributed by atoms with Crippen molar-refractivity contribution in [3.8, 4) is 0 Å². The first-order chi connectivity index (χ1) is 39.5. The van der Waals surface area contributed by atoms with Crippen LogP contribution in [-0.4, -0.2) is 36.6 Å². The first-order valence-electron chi connectivity index (χ1n) is 29.9. The minimum atomic E-state index is -0.429. The van der Waals surface area contributed by atoms with Crippen LogP contribution < -0.4 is 20.7 Å². The number of benzene rings is 7. The van der Waals surface area contributed by atoms with Gasteiger partial charge in [-0.15, -0.1) is 0 Å². The predicted octanol–water partition coefficient (Wildman–Crippen LogP) is 20.8. The highest BCUT2D eigenvalue weighted by Gasteiger charge is 2.52. The van der Waals surface area contributed by atoms with E-state index in [0.717, 1.165) is 53.7 Å². The minimum Gasteiger partial charge on any atom is -0.399 e. The SMILES string of the molecule is CCCCCCCCc1ccc(Br)cc1.CCCCc1ccc(N(c2ccc(B3OC(C)(C)C(C)(C)O3)cc2)c2ccc(B3OC(C)(C)C(C)(C)O3)cc2)cc1.CCCCc1ccc(N(c2ccc(Br)cc2F)c2ccc(Br)cc2F)cc1. The number of halogens is 5. The Morgan fingerprint density at radius 1 is 0.349 bits per heavy atom. The summed E-state index contributed by atoms with van der Waals surface area (Å²) in [6.07, 6.45) is 16.3. The van der Waals surface area contributed by atoms with Crippen molar-refractivity contribution in [2.75, 3.05) is 9.80 Å². The normalized spacial score (nSPS) is 15.5. The van der Waals surface area contributed by atoms with Gasteiger partial charge in [0.05, 0.1) is 33.8 Å². The van der Waals surface area contributed by atoms with E-state index in [1.807, 2.05) is 24.3 Å². The van der Waals surface area contributed by atoms with Crippen molar-refractivity contribution >= 4 is 107 Å². The Kier molecular flexibility index (Phi) is 24.0. The van der Waals surface area contributed by atoms with E-state index in [1.54, 1.807) is 29.2 Å². The summed E-state index contributed by atoms with van der Waals surface area (Å²) in [5.74, 6) is -0.858. The summed E-state index contributed by atoms with van der Waals surface area (Å²) in [4.78, 5) is 3.89. The molecule has 2 heterocycles. The summed E-state index contributed by atoms with van der Waals surface area (Å²) >= 11 is 10.0.